The minimum Gasteiger partial charge on any atom is -0.253 e. The van der Waals surface area contributed by atoms with Crippen LogP contribution in [-0.4, -0.2) is 17.8 Å². The third kappa shape index (κ3) is 5.26. The fourth-order valence-corrected chi connectivity index (χ4v) is 5.91. The molecule has 1 heterocycles. The number of halogens is 4. The van der Waals surface area contributed by atoms with E-state index in [2.05, 4.69) is 14.1 Å². The number of sulfonamides is 1. The highest BCUT2D eigenvalue weighted by atomic mass is 35.5. The fraction of sp³-hybridized carbons (Fsp3) is 0.222. The molecule has 0 bridgehead atoms. The van der Waals surface area contributed by atoms with Crippen molar-refractivity contribution in [2.45, 2.75) is 35.1 Å². The van der Waals surface area contributed by atoms with Gasteiger partial charge in [0.25, 0.3) is 10.0 Å². The number of benzene rings is 2. The van der Waals surface area contributed by atoms with E-state index in [1.165, 1.54) is 18.2 Å². The first-order valence-corrected chi connectivity index (χ1v) is 11.9. The summed E-state index contributed by atoms with van der Waals surface area (Å²) in [5.41, 5.74) is -0.332. The van der Waals surface area contributed by atoms with Crippen LogP contribution in [0.5, 0.6) is 0 Å². The Morgan fingerprint density at radius 2 is 1.90 bits per heavy atom. The number of hydrogen-bond acceptors (Lipinski definition) is 6. The van der Waals surface area contributed by atoms with E-state index in [0.717, 1.165) is 35.4 Å². The average Bonchev–Trinajstić information content (AvgIpc) is 3.11. The molecule has 0 unspecified atom stereocenters. The summed E-state index contributed by atoms with van der Waals surface area (Å²) in [7, 11) is -3.92. The summed E-state index contributed by atoms with van der Waals surface area (Å²) in [6.45, 7) is 3.32. The molecule has 1 aromatic heterocycles. The lowest BCUT2D eigenvalue weighted by molar-refractivity contribution is -0.137. The van der Waals surface area contributed by atoms with Crippen molar-refractivity contribution in [2.24, 2.45) is 0 Å². The molecule has 0 radical (unpaired) electrons. The van der Waals surface area contributed by atoms with Gasteiger partial charge in [0.2, 0.25) is 5.13 Å². The molecule has 0 saturated carbocycles. The maximum atomic E-state index is 12.9. The number of aromatic nitrogens is 2. The molecule has 0 aliphatic rings. The van der Waals surface area contributed by atoms with Crippen molar-refractivity contribution in [1.82, 2.24) is 9.36 Å². The molecule has 5 nitrogen and oxygen atoms in total. The molecule has 30 heavy (non-hydrogen) atoms. The Bertz CT molecular complexity index is 1170. The van der Waals surface area contributed by atoms with E-state index >= 15 is 0 Å². The third-order valence-corrected chi connectivity index (χ3v) is 7.77. The van der Waals surface area contributed by atoms with Crippen LogP contribution in [0.15, 0.2) is 52.3 Å². The van der Waals surface area contributed by atoms with Crippen LogP contribution in [0.2, 0.25) is 5.02 Å². The van der Waals surface area contributed by atoms with E-state index < -0.39 is 27.0 Å². The van der Waals surface area contributed by atoms with Gasteiger partial charge < -0.3 is 0 Å². The number of rotatable bonds is 6. The molecule has 1 N–H and O–H groups in total. The van der Waals surface area contributed by atoms with Gasteiger partial charge in [-0.05, 0) is 49.7 Å². The van der Waals surface area contributed by atoms with E-state index in [1.807, 2.05) is 0 Å². The van der Waals surface area contributed by atoms with Crippen LogP contribution in [0.1, 0.15) is 29.1 Å². The van der Waals surface area contributed by atoms with Gasteiger partial charge in [-0.1, -0.05) is 23.7 Å². The van der Waals surface area contributed by atoms with E-state index in [-0.39, 0.29) is 10.0 Å². The molecule has 0 saturated heterocycles. The number of thioether (sulfide) groups is 1. The first-order chi connectivity index (χ1) is 14.0. The number of nitrogens with zero attached hydrogens (tertiary/aromatic N) is 2. The van der Waals surface area contributed by atoms with Gasteiger partial charge in [-0.2, -0.15) is 17.5 Å². The van der Waals surface area contributed by atoms with Crippen LogP contribution in [-0.2, 0) is 16.2 Å². The number of anilines is 1. The Morgan fingerprint density at radius 1 is 1.20 bits per heavy atom. The van der Waals surface area contributed by atoms with Crippen LogP contribution in [0.4, 0.5) is 18.3 Å². The van der Waals surface area contributed by atoms with E-state index in [1.54, 1.807) is 26.0 Å². The zero-order chi connectivity index (χ0) is 22.1. The summed E-state index contributed by atoms with van der Waals surface area (Å²) in [6, 6.07) is 9.50. The van der Waals surface area contributed by atoms with E-state index in [9.17, 15) is 21.6 Å². The highest BCUT2D eigenvalue weighted by molar-refractivity contribution is 7.99. The van der Waals surface area contributed by atoms with Crippen LogP contribution < -0.4 is 4.72 Å². The average molecular weight is 494 g/mol. The molecule has 0 fully saturated rings. The van der Waals surface area contributed by atoms with Gasteiger partial charge in [-0.15, -0.1) is 11.8 Å². The second-order valence-electron chi connectivity index (χ2n) is 6.21. The second-order valence-corrected chi connectivity index (χ2v) is 10.4. The predicted octanol–water partition coefficient (Wildman–Crippen LogP) is 6.17. The molecule has 12 heteroatoms. The number of alkyl halides is 3. The zero-order valence-corrected chi connectivity index (χ0v) is 18.8. The molecular formula is C18H15ClF3N3O2S3. The van der Waals surface area contributed by atoms with Crippen molar-refractivity contribution in [3.05, 3.63) is 64.4 Å². The van der Waals surface area contributed by atoms with Crippen molar-refractivity contribution in [3.8, 4) is 0 Å². The van der Waals surface area contributed by atoms with Crippen LogP contribution >= 0.6 is 34.9 Å². The topological polar surface area (TPSA) is 72.0 Å². The largest absolute Gasteiger partial charge is 0.416 e. The van der Waals surface area contributed by atoms with Gasteiger partial charge in [0.1, 0.15) is 0 Å². The Kier molecular flexibility index (Phi) is 6.66. The normalized spacial score (nSPS) is 13.3. The van der Waals surface area contributed by atoms with E-state index in [0.29, 0.717) is 21.3 Å². The minimum absolute atomic E-state index is 0.0261. The van der Waals surface area contributed by atoms with Gasteiger partial charge in [0.05, 0.1) is 15.7 Å². The third-order valence-electron chi connectivity index (χ3n) is 4.01. The lowest BCUT2D eigenvalue weighted by atomic mass is 10.2. The molecule has 160 valence electrons. The SMILES string of the molecule is Cc1c(Cl)cccc1S(=O)(=O)Nc1nc([C@@H](C)Sc2cccc(C(F)(F)F)c2)ns1. The van der Waals surface area contributed by atoms with Crippen molar-refractivity contribution in [1.29, 1.82) is 0 Å². The highest BCUT2D eigenvalue weighted by Gasteiger charge is 2.30. The molecule has 2 aromatic carbocycles. The van der Waals surface area contributed by atoms with Gasteiger partial charge >= 0.3 is 6.18 Å². The summed E-state index contributed by atoms with van der Waals surface area (Å²) < 4.78 is 70.4. The summed E-state index contributed by atoms with van der Waals surface area (Å²) >= 11 is 7.99. The van der Waals surface area contributed by atoms with Crippen molar-refractivity contribution < 1.29 is 21.6 Å². The number of nitrogens with one attached hydrogen (secondary N) is 1. The fourth-order valence-electron chi connectivity index (χ4n) is 2.49. The maximum Gasteiger partial charge on any atom is 0.416 e. The lowest BCUT2D eigenvalue weighted by Crippen LogP contribution is -2.14. The predicted molar refractivity (Wildman–Crippen MR) is 113 cm³/mol. The first kappa shape index (κ1) is 22.9. The molecule has 0 aliphatic heterocycles. The summed E-state index contributed by atoms with van der Waals surface area (Å²) in [6.07, 6.45) is -4.43. The minimum atomic E-state index is -4.43. The molecule has 1 atom stereocenters. The van der Waals surface area contributed by atoms with Gasteiger partial charge in [0, 0.05) is 21.5 Å². The molecule has 3 aromatic rings. The van der Waals surface area contributed by atoms with Gasteiger partial charge in [-0.25, -0.2) is 13.4 Å². The smallest absolute Gasteiger partial charge is 0.253 e. The molecular weight excluding hydrogens is 479 g/mol. The zero-order valence-electron chi connectivity index (χ0n) is 15.6. The first-order valence-electron chi connectivity index (χ1n) is 8.43. The van der Waals surface area contributed by atoms with Gasteiger partial charge in [-0.3, -0.25) is 4.72 Å². The quantitative estimate of drug-likeness (QED) is 0.415. The molecule has 0 spiro atoms. The molecule has 0 amide bonds. The maximum absolute atomic E-state index is 12.9. The Morgan fingerprint density at radius 3 is 2.60 bits per heavy atom. The second kappa shape index (κ2) is 8.74. The highest BCUT2D eigenvalue weighted by Crippen LogP contribution is 2.38. The standard InChI is InChI=1S/C18H15ClF3N3O2S3/c1-10-14(19)7-4-8-15(10)30(26,27)25-17-23-16(24-29-17)11(2)28-13-6-3-5-12(9-13)18(20,21)22/h3-9,11H,1-2H3,(H,23,24,25)/t11-/m1/s1. The Labute approximate surface area is 184 Å². The van der Waals surface area contributed by atoms with Crippen molar-refractivity contribution in [2.75, 3.05) is 4.72 Å². The van der Waals surface area contributed by atoms with Crippen molar-refractivity contribution in [3.63, 3.8) is 0 Å². The van der Waals surface area contributed by atoms with Crippen LogP contribution in [0.25, 0.3) is 0 Å². The summed E-state index contributed by atoms with van der Waals surface area (Å²) in [4.78, 5) is 4.61. The summed E-state index contributed by atoms with van der Waals surface area (Å²) in [5.74, 6) is 0.308. The summed E-state index contributed by atoms with van der Waals surface area (Å²) in [5, 5.41) is -0.0151. The Balaban J connectivity index is 1.75. The number of hydrogen-bond donors (Lipinski definition) is 1. The van der Waals surface area contributed by atoms with Crippen LogP contribution in [0.3, 0.4) is 0 Å². The monoisotopic (exact) mass is 493 g/mol. The van der Waals surface area contributed by atoms with Crippen LogP contribution in [0, 0.1) is 6.92 Å². The Hall–Kier alpha value is -1.82. The lowest BCUT2D eigenvalue weighted by Gasteiger charge is -2.11. The molecule has 0 aliphatic carbocycles. The van der Waals surface area contributed by atoms with E-state index in [4.69, 9.17) is 11.6 Å². The van der Waals surface area contributed by atoms with Gasteiger partial charge in [0.15, 0.2) is 5.82 Å². The van der Waals surface area contributed by atoms with Crippen molar-refractivity contribution >= 4 is 50.1 Å². The molecule has 3 rings (SSSR count).